The van der Waals surface area contributed by atoms with Crippen LogP contribution in [0.15, 0.2) is 0 Å². The average Bonchev–Trinajstić information content (AvgIpc) is 2.24. The molecule has 6 nitrogen and oxygen atoms in total. The highest BCUT2D eigenvalue weighted by molar-refractivity contribution is 5.95. The molecule has 0 saturated carbocycles. The summed E-state index contributed by atoms with van der Waals surface area (Å²) >= 11 is 0. The molecule has 98 valence electrons. The van der Waals surface area contributed by atoms with Gasteiger partial charge >= 0.3 is 5.97 Å². The van der Waals surface area contributed by atoms with Crippen molar-refractivity contribution in [3.63, 3.8) is 0 Å². The van der Waals surface area contributed by atoms with Crippen molar-refractivity contribution in [1.82, 2.24) is 10.2 Å². The maximum atomic E-state index is 11.5. The van der Waals surface area contributed by atoms with Gasteiger partial charge in [-0.3, -0.25) is 14.4 Å². The first-order chi connectivity index (χ1) is 8.01. The molecule has 2 amide bonds. The van der Waals surface area contributed by atoms with Crippen LogP contribution in [0.1, 0.15) is 33.1 Å². The van der Waals surface area contributed by atoms with E-state index in [9.17, 15) is 14.4 Å². The Balaban J connectivity index is 4.26. The van der Waals surface area contributed by atoms with Crippen LogP contribution in [0.3, 0.4) is 0 Å². The van der Waals surface area contributed by atoms with Crippen molar-refractivity contribution in [2.24, 2.45) is 0 Å². The summed E-state index contributed by atoms with van der Waals surface area (Å²) in [5.41, 5.74) is 0. The highest BCUT2D eigenvalue weighted by atomic mass is 16.4. The van der Waals surface area contributed by atoms with Gasteiger partial charge in [0.05, 0.1) is 6.54 Å². The van der Waals surface area contributed by atoms with Gasteiger partial charge in [-0.15, -0.1) is 0 Å². The number of hydrogen-bond acceptors (Lipinski definition) is 3. The topological polar surface area (TPSA) is 86.7 Å². The number of nitrogens with zero attached hydrogens (tertiary/aromatic N) is 1. The molecule has 2 N–H and O–H groups in total. The lowest BCUT2D eigenvalue weighted by atomic mass is 10.3. The van der Waals surface area contributed by atoms with Crippen LogP contribution < -0.4 is 5.32 Å². The number of amides is 2. The predicted octanol–water partition coefficient (Wildman–Crippen LogP) is 0.226. The molecule has 17 heavy (non-hydrogen) atoms. The Morgan fingerprint density at radius 1 is 1.18 bits per heavy atom. The molecule has 0 aromatic heterocycles. The summed E-state index contributed by atoms with van der Waals surface area (Å²) in [6.45, 7) is 4.68. The van der Waals surface area contributed by atoms with Crippen LogP contribution >= 0.6 is 0 Å². The Bertz CT molecular complexity index is 279. The maximum absolute atomic E-state index is 11.5. The molecule has 0 bridgehead atoms. The lowest BCUT2D eigenvalue weighted by molar-refractivity contribution is -0.145. The van der Waals surface area contributed by atoms with E-state index in [4.69, 9.17) is 5.11 Å². The van der Waals surface area contributed by atoms with Gasteiger partial charge in [-0.2, -0.15) is 0 Å². The van der Waals surface area contributed by atoms with Crippen molar-refractivity contribution in [3.8, 4) is 0 Å². The molecule has 0 rings (SSSR count). The number of nitrogens with one attached hydrogen (secondary N) is 1. The van der Waals surface area contributed by atoms with Crippen molar-refractivity contribution >= 4 is 17.8 Å². The largest absolute Gasteiger partial charge is 0.481 e. The molecule has 0 fully saturated rings. The van der Waals surface area contributed by atoms with Gasteiger partial charge in [0.2, 0.25) is 11.8 Å². The zero-order valence-electron chi connectivity index (χ0n) is 10.4. The molecular formula is C11H20N2O4. The van der Waals surface area contributed by atoms with E-state index in [1.54, 1.807) is 0 Å². The van der Waals surface area contributed by atoms with Gasteiger partial charge in [-0.05, 0) is 12.8 Å². The Hall–Kier alpha value is -1.59. The van der Waals surface area contributed by atoms with E-state index in [1.807, 2.05) is 13.8 Å². The van der Waals surface area contributed by atoms with Crippen LogP contribution in [0, 0.1) is 0 Å². The molecule has 0 aliphatic heterocycles. The Morgan fingerprint density at radius 3 is 2.29 bits per heavy atom. The first kappa shape index (κ1) is 15.4. The average molecular weight is 244 g/mol. The SMILES string of the molecule is CCCNC(=O)CN(CCC)C(=O)CC(=O)O. The van der Waals surface area contributed by atoms with E-state index in [0.29, 0.717) is 19.5 Å². The van der Waals surface area contributed by atoms with Crippen molar-refractivity contribution < 1.29 is 19.5 Å². The van der Waals surface area contributed by atoms with E-state index in [-0.39, 0.29) is 12.5 Å². The van der Waals surface area contributed by atoms with E-state index in [1.165, 1.54) is 4.90 Å². The zero-order valence-corrected chi connectivity index (χ0v) is 10.4. The summed E-state index contributed by atoms with van der Waals surface area (Å²) in [5, 5.41) is 11.2. The molecular weight excluding hydrogens is 224 g/mol. The summed E-state index contributed by atoms with van der Waals surface area (Å²) in [6, 6.07) is 0. The van der Waals surface area contributed by atoms with Crippen LogP contribution in [0.2, 0.25) is 0 Å². The van der Waals surface area contributed by atoms with Crippen LogP contribution in [-0.4, -0.2) is 47.4 Å². The second-order valence-electron chi connectivity index (χ2n) is 3.74. The van der Waals surface area contributed by atoms with E-state index in [2.05, 4.69) is 5.32 Å². The minimum atomic E-state index is -1.18. The fraction of sp³-hybridized carbons (Fsp3) is 0.727. The molecule has 0 heterocycles. The Labute approximate surface area is 101 Å². The third-order valence-corrected chi connectivity index (χ3v) is 2.06. The molecule has 6 heteroatoms. The van der Waals surface area contributed by atoms with Crippen molar-refractivity contribution in [1.29, 1.82) is 0 Å². The number of carbonyl (C=O) groups is 3. The minimum absolute atomic E-state index is 0.0695. The number of hydrogen-bond donors (Lipinski definition) is 2. The first-order valence-corrected chi connectivity index (χ1v) is 5.77. The van der Waals surface area contributed by atoms with Crippen molar-refractivity contribution in [2.45, 2.75) is 33.1 Å². The maximum Gasteiger partial charge on any atom is 0.312 e. The lowest BCUT2D eigenvalue weighted by Crippen LogP contribution is -2.41. The number of carboxylic acid groups (broad SMARTS) is 1. The monoisotopic (exact) mass is 244 g/mol. The normalized spacial score (nSPS) is 9.76. The summed E-state index contributed by atoms with van der Waals surface area (Å²) in [7, 11) is 0. The van der Waals surface area contributed by atoms with Gasteiger partial charge in [-0.25, -0.2) is 0 Å². The summed E-state index contributed by atoms with van der Waals surface area (Å²) in [5.74, 6) is -1.95. The summed E-state index contributed by atoms with van der Waals surface area (Å²) < 4.78 is 0. The van der Waals surface area contributed by atoms with Gasteiger partial charge < -0.3 is 15.3 Å². The molecule has 0 unspecified atom stereocenters. The Morgan fingerprint density at radius 2 is 1.82 bits per heavy atom. The standard InChI is InChI=1S/C11H20N2O4/c1-3-5-12-9(14)8-13(6-4-2)10(15)7-11(16)17/h3-8H2,1-2H3,(H,12,14)(H,16,17). The predicted molar refractivity (Wildman–Crippen MR) is 62.4 cm³/mol. The Kier molecular flexibility index (Phi) is 7.75. The molecule has 0 aromatic rings. The molecule has 0 aromatic carbocycles. The molecule has 0 radical (unpaired) electrons. The van der Waals surface area contributed by atoms with Gasteiger partial charge in [-0.1, -0.05) is 13.8 Å². The van der Waals surface area contributed by atoms with Crippen LogP contribution in [0.5, 0.6) is 0 Å². The van der Waals surface area contributed by atoms with Crippen LogP contribution in [0.4, 0.5) is 0 Å². The van der Waals surface area contributed by atoms with Crippen molar-refractivity contribution in [3.05, 3.63) is 0 Å². The first-order valence-electron chi connectivity index (χ1n) is 5.77. The third-order valence-electron chi connectivity index (χ3n) is 2.06. The third kappa shape index (κ3) is 7.32. The summed E-state index contributed by atoms with van der Waals surface area (Å²) in [6.07, 6.45) is 0.941. The summed E-state index contributed by atoms with van der Waals surface area (Å²) in [4.78, 5) is 34.6. The van der Waals surface area contributed by atoms with Crippen LogP contribution in [0.25, 0.3) is 0 Å². The molecule has 0 aliphatic carbocycles. The second kappa shape index (κ2) is 8.55. The fourth-order valence-corrected chi connectivity index (χ4v) is 1.30. The fourth-order valence-electron chi connectivity index (χ4n) is 1.30. The number of aliphatic carboxylic acids is 1. The molecule has 0 saturated heterocycles. The molecule has 0 atom stereocenters. The number of carbonyl (C=O) groups excluding carboxylic acids is 2. The van der Waals surface area contributed by atoms with Gasteiger partial charge in [0.15, 0.2) is 0 Å². The highest BCUT2D eigenvalue weighted by Gasteiger charge is 2.18. The van der Waals surface area contributed by atoms with Crippen LogP contribution in [-0.2, 0) is 14.4 Å². The second-order valence-corrected chi connectivity index (χ2v) is 3.74. The molecule has 0 aliphatic rings. The smallest absolute Gasteiger partial charge is 0.312 e. The highest BCUT2D eigenvalue weighted by Crippen LogP contribution is 1.97. The van der Waals surface area contributed by atoms with Gasteiger partial charge in [0.1, 0.15) is 6.42 Å². The number of rotatable bonds is 8. The van der Waals surface area contributed by atoms with Gasteiger partial charge in [0, 0.05) is 13.1 Å². The zero-order chi connectivity index (χ0) is 13.3. The van der Waals surface area contributed by atoms with Gasteiger partial charge in [0.25, 0.3) is 0 Å². The van der Waals surface area contributed by atoms with Crippen molar-refractivity contribution in [2.75, 3.05) is 19.6 Å². The van der Waals surface area contributed by atoms with E-state index < -0.39 is 18.3 Å². The molecule has 0 spiro atoms. The minimum Gasteiger partial charge on any atom is -0.481 e. The lowest BCUT2D eigenvalue weighted by Gasteiger charge is -2.20. The van der Waals surface area contributed by atoms with E-state index in [0.717, 1.165) is 6.42 Å². The quantitative estimate of drug-likeness (QED) is 0.598. The van der Waals surface area contributed by atoms with E-state index >= 15 is 0 Å². The number of carboxylic acids is 1.